The third kappa shape index (κ3) is 4.62. The highest BCUT2D eigenvalue weighted by Crippen LogP contribution is 2.19. The van der Waals surface area contributed by atoms with Gasteiger partial charge in [-0.15, -0.1) is 0 Å². The molecule has 2 saturated heterocycles. The number of benzene rings is 1. The number of nitrogens with zero attached hydrogens (tertiary/aromatic N) is 3. The van der Waals surface area contributed by atoms with Crippen molar-refractivity contribution < 1.29 is 14.3 Å². The van der Waals surface area contributed by atoms with E-state index in [2.05, 4.69) is 11.8 Å². The minimum atomic E-state index is -0.00493. The summed E-state index contributed by atoms with van der Waals surface area (Å²) in [4.78, 5) is 30.9. The highest BCUT2D eigenvalue weighted by atomic mass is 16.5. The number of piperazine rings is 1. The predicted octanol–water partition coefficient (Wildman–Crippen LogP) is 1.67. The molecule has 26 heavy (non-hydrogen) atoms. The van der Waals surface area contributed by atoms with Gasteiger partial charge >= 0.3 is 0 Å². The second kappa shape index (κ2) is 8.64. The summed E-state index contributed by atoms with van der Waals surface area (Å²) >= 11 is 0. The number of hydrogen-bond donors (Lipinski definition) is 0. The lowest BCUT2D eigenvalue weighted by Crippen LogP contribution is -2.52. The van der Waals surface area contributed by atoms with Crippen LogP contribution in [0.5, 0.6) is 0 Å². The predicted molar refractivity (Wildman–Crippen MR) is 101 cm³/mol. The number of carbonyl (C=O) groups excluding carboxylic acids is 2. The molecule has 0 aromatic heterocycles. The van der Waals surface area contributed by atoms with Gasteiger partial charge in [-0.05, 0) is 32.4 Å². The second-order valence-electron chi connectivity index (χ2n) is 7.23. The zero-order valence-electron chi connectivity index (χ0n) is 15.8. The maximum Gasteiger partial charge on any atom is 0.246 e. The molecular weight excluding hydrogens is 330 g/mol. The normalized spacial score (nSPS) is 20.3. The Kier molecular flexibility index (Phi) is 6.27. The molecule has 0 radical (unpaired) electrons. The summed E-state index contributed by atoms with van der Waals surface area (Å²) in [6.07, 6.45) is 1.32. The van der Waals surface area contributed by atoms with E-state index in [0.717, 1.165) is 38.4 Å². The van der Waals surface area contributed by atoms with Crippen LogP contribution in [0.4, 0.5) is 5.69 Å². The molecule has 2 aliphatic rings. The average molecular weight is 359 g/mol. The van der Waals surface area contributed by atoms with Gasteiger partial charge in [0.05, 0.1) is 13.2 Å². The van der Waals surface area contributed by atoms with Crippen LogP contribution in [0.25, 0.3) is 0 Å². The fourth-order valence-corrected chi connectivity index (χ4v) is 3.58. The minimum Gasteiger partial charge on any atom is -0.379 e. The Hall–Kier alpha value is -1.92. The number of aryl methyl sites for hydroxylation is 1. The molecule has 1 aromatic rings. The molecule has 2 amide bonds. The first kappa shape index (κ1) is 18.9. The Morgan fingerprint density at radius 1 is 1.12 bits per heavy atom. The summed E-state index contributed by atoms with van der Waals surface area (Å²) in [7, 11) is 0. The third-order valence-electron chi connectivity index (χ3n) is 5.36. The van der Waals surface area contributed by atoms with Gasteiger partial charge < -0.3 is 14.5 Å². The fraction of sp³-hybridized carbons (Fsp3) is 0.600. The number of ether oxygens (including phenoxy) is 1. The lowest BCUT2D eigenvalue weighted by atomic mass is 10.1. The number of morpholine rings is 1. The van der Waals surface area contributed by atoms with Crippen LogP contribution < -0.4 is 4.90 Å². The molecule has 2 fully saturated rings. The minimum absolute atomic E-state index is 0.00493. The van der Waals surface area contributed by atoms with Crippen LogP contribution in [0.2, 0.25) is 0 Å². The van der Waals surface area contributed by atoms with Crippen molar-refractivity contribution in [3.63, 3.8) is 0 Å². The molecule has 142 valence electrons. The van der Waals surface area contributed by atoms with Gasteiger partial charge in [-0.25, -0.2) is 0 Å². The Bertz CT molecular complexity index is 626. The molecule has 3 rings (SSSR count). The van der Waals surface area contributed by atoms with Crippen LogP contribution in [-0.4, -0.2) is 73.6 Å². The van der Waals surface area contributed by atoms with Crippen LogP contribution in [0.1, 0.15) is 25.3 Å². The van der Waals surface area contributed by atoms with Gasteiger partial charge in [0.25, 0.3) is 0 Å². The number of carbonyl (C=O) groups is 2. The van der Waals surface area contributed by atoms with Crippen molar-refractivity contribution in [2.24, 2.45) is 0 Å². The van der Waals surface area contributed by atoms with Gasteiger partial charge in [0.15, 0.2) is 0 Å². The molecule has 0 N–H and O–H groups in total. The van der Waals surface area contributed by atoms with Crippen molar-refractivity contribution in [2.45, 2.75) is 32.7 Å². The molecule has 0 bridgehead atoms. The largest absolute Gasteiger partial charge is 0.379 e. The van der Waals surface area contributed by atoms with Gasteiger partial charge in [-0.3, -0.25) is 14.5 Å². The molecule has 1 atom stereocenters. The summed E-state index contributed by atoms with van der Waals surface area (Å²) in [5.41, 5.74) is 2.08. The third-order valence-corrected chi connectivity index (χ3v) is 5.36. The van der Waals surface area contributed by atoms with E-state index in [1.54, 1.807) is 9.80 Å². The average Bonchev–Trinajstić information content (AvgIpc) is 2.67. The van der Waals surface area contributed by atoms with Crippen molar-refractivity contribution in [1.82, 2.24) is 9.80 Å². The second-order valence-corrected chi connectivity index (χ2v) is 7.23. The summed E-state index contributed by atoms with van der Waals surface area (Å²) in [6.45, 7) is 8.95. The highest BCUT2D eigenvalue weighted by molar-refractivity contribution is 5.97. The Morgan fingerprint density at radius 2 is 1.81 bits per heavy atom. The quantitative estimate of drug-likeness (QED) is 0.803. The summed E-state index contributed by atoms with van der Waals surface area (Å²) in [5, 5.41) is 0. The maximum absolute atomic E-state index is 12.5. The van der Waals surface area contributed by atoms with Crippen molar-refractivity contribution in [3.8, 4) is 0 Å². The standard InChI is InChI=1S/C20H29N3O3/c1-16-3-6-18(7-4-16)23-10-9-22(15-20(23)25)19(24)8-5-17(2)21-11-13-26-14-12-21/h3-4,6-7,17H,5,8-15H2,1-2H3. The topological polar surface area (TPSA) is 53.1 Å². The summed E-state index contributed by atoms with van der Waals surface area (Å²) in [5.74, 6) is 0.0803. The maximum atomic E-state index is 12.5. The Balaban J connectivity index is 1.47. The van der Waals surface area contributed by atoms with Crippen LogP contribution in [0.15, 0.2) is 24.3 Å². The lowest BCUT2D eigenvalue weighted by molar-refractivity contribution is -0.137. The van der Waals surface area contributed by atoms with Crippen LogP contribution in [0, 0.1) is 6.92 Å². The molecule has 0 saturated carbocycles. The van der Waals surface area contributed by atoms with Crippen molar-refractivity contribution in [3.05, 3.63) is 29.8 Å². The van der Waals surface area contributed by atoms with Crippen molar-refractivity contribution in [2.75, 3.05) is 50.8 Å². The fourth-order valence-electron chi connectivity index (χ4n) is 3.58. The Morgan fingerprint density at radius 3 is 2.46 bits per heavy atom. The highest BCUT2D eigenvalue weighted by Gasteiger charge is 2.28. The number of amides is 2. The molecule has 0 spiro atoms. The van der Waals surface area contributed by atoms with Gasteiger partial charge in [0.1, 0.15) is 6.54 Å². The number of rotatable bonds is 5. The van der Waals surface area contributed by atoms with E-state index in [-0.39, 0.29) is 18.4 Å². The van der Waals surface area contributed by atoms with E-state index in [9.17, 15) is 9.59 Å². The summed E-state index contributed by atoms with van der Waals surface area (Å²) < 4.78 is 5.38. The van der Waals surface area contributed by atoms with E-state index in [1.165, 1.54) is 5.56 Å². The first-order valence-corrected chi connectivity index (χ1v) is 9.51. The van der Waals surface area contributed by atoms with Gasteiger partial charge in [-0.1, -0.05) is 17.7 Å². The molecular formula is C20H29N3O3. The van der Waals surface area contributed by atoms with E-state index >= 15 is 0 Å². The van der Waals surface area contributed by atoms with E-state index in [1.807, 2.05) is 31.2 Å². The first-order chi connectivity index (χ1) is 12.5. The zero-order chi connectivity index (χ0) is 18.5. The number of hydrogen-bond acceptors (Lipinski definition) is 4. The molecule has 6 heteroatoms. The zero-order valence-corrected chi connectivity index (χ0v) is 15.8. The van der Waals surface area contributed by atoms with E-state index < -0.39 is 0 Å². The molecule has 2 aliphatic heterocycles. The Labute approximate surface area is 155 Å². The molecule has 1 unspecified atom stereocenters. The summed E-state index contributed by atoms with van der Waals surface area (Å²) in [6, 6.07) is 8.32. The van der Waals surface area contributed by atoms with Crippen LogP contribution in [-0.2, 0) is 14.3 Å². The van der Waals surface area contributed by atoms with Crippen LogP contribution >= 0.6 is 0 Å². The molecule has 6 nitrogen and oxygen atoms in total. The van der Waals surface area contributed by atoms with Crippen LogP contribution in [0.3, 0.4) is 0 Å². The van der Waals surface area contributed by atoms with E-state index in [0.29, 0.717) is 25.6 Å². The van der Waals surface area contributed by atoms with E-state index in [4.69, 9.17) is 4.74 Å². The molecule has 1 aromatic carbocycles. The lowest BCUT2D eigenvalue weighted by Gasteiger charge is -2.35. The smallest absolute Gasteiger partial charge is 0.246 e. The molecule has 2 heterocycles. The SMILES string of the molecule is Cc1ccc(N2CCN(C(=O)CCC(C)N3CCOCC3)CC2=O)cc1. The van der Waals surface area contributed by atoms with Gasteiger partial charge in [0.2, 0.25) is 11.8 Å². The first-order valence-electron chi connectivity index (χ1n) is 9.51. The number of anilines is 1. The van der Waals surface area contributed by atoms with Crippen molar-refractivity contribution >= 4 is 17.5 Å². The van der Waals surface area contributed by atoms with Gasteiger partial charge in [0, 0.05) is 44.3 Å². The molecule has 0 aliphatic carbocycles. The van der Waals surface area contributed by atoms with Gasteiger partial charge in [-0.2, -0.15) is 0 Å². The monoisotopic (exact) mass is 359 g/mol. The van der Waals surface area contributed by atoms with Crippen molar-refractivity contribution in [1.29, 1.82) is 0 Å².